The van der Waals surface area contributed by atoms with Gasteiger partial charge < -0.3 is 0 Å². The van der Waals surface area contributed by atoms with Gasteiger partial charge in [0.1, 0.15) is 0 Å². The third-order valence-electron chi connectivity index (χ3n) is 2.48. The summed E-state index contributed by atoms with van der Waals surface area (Å²) in [6, 6.07) is 9.80. The van der Waals surface area contributed by atoms with Crippen LogP contribution in [0.5, 0.6) is 0 Å². The van der Waals surface area contributed by atoms with Crippen LogP contribution in [0.2, 0.25) is 0 Å². The Morgan fingerprint density at radius 1 is 1.05 bits per heavy atom. The number of hydrogen-bond donors (Lipinski definition) is 0. The topological polar surface area (TPSA) is 17.1 Å². The number of carbonyl (C=O) groups is 1. The van der Waals surface area contributed by atoms with Gasteiger partial charge in [0, 0.05) is 0 Å². The molecule has 0 bridgehead atoms. The van der Waals surface area contributed by atoms with E-state index in [0.717, 1.165) is 17.6 Å². The summed E-state index contributed by atoms with van der Waals surface area (Å²) in [7, 11) is 0. The lowest BCUT2D eigenvalue weighted by Gasteiger charge is -1.90. The number of rotatable bonds is 4. The molecule has 1 aromatic carbocycles. The summed E-state index contributed by atoms with van der Waals surface area (Å²) in [5.74, 6) is 0.00931. The van der Waals surface area contributed by atoms with Gasteiger partial charge in [0.2, 0.25) is 0 Å². The third-order valence-corrected chi connectivity index (χ3v) is 2.48. The van der Waals surface area contributed by atoms with E-state index < -0.39 is 0 Å². The van der Waals surface area contributed by atoms with Gasteiger partial charge in [-0.2, -0.15) is 0 Å². The second kappa shape index (κ2) is 8.87. The van der Waals surface area contributed by atoms with Gasteiger partial charge in [-0.3, -0.25) is 4.79 Å². The molecule has 0 amide bonds. The summed E-state index contributed by atoms with van der Waals surface area (Å²) in [6.45, 7) is 4.00. The van der Waals surface area contributed by atoms with Crippen LogP contribution < -0.4 is 0 Å². The molecule has 0 N–H and O–H groups in total. The molecular weight excluding hydrogens is 232 g/mol. The molecule has 1 aromatic rings. The van der Waals surface area contributed by atoms with Gasteiger partial charge in [0.25, 0.3) is 0 Å². The molecule has 0 spiro atoms. The summed E-state index contributed by atoms with van der Waals surface area (Å²) < 4.78 is 0. The maximum atomic E-state index is 11.5. The standard InChI is InChI=1S/C16H14O.C2H6/c17-16(13-11-15-8-4-5-9-15)12-10-14-6-2-1-3-7-14;1-2/h1-4,6-13H,5H2;1-2H3/b12-10+,13-11+;. The molecule has 0 fully saturated rings. The fourth-order valence-electron chi connectivity index (χ4n) is 1.58. The third kappa shape index (κ3) is 5.82. The lowest BCUT2D eigenvalue weighted by atomic mass is 10.2. The van der Waals surface area contributed by atoms with Crippen LogP contribution in [0, 0.1) is 0 Å². The van der Waals surface area contributed by atoms with E-state index in [4.69, 9.17) is 0 Å². The predicted octanol–water partition coefficient (Wildman–Crippen LogP) is 4.74. The summed E-state index contributed by atoms with van der Waals surface area (Å²) in [4.78, 5) is 11.5. The molecule has 0 aromatic heterocycles. The average molecular weight is 252 g/mol. The molecule has 19 heavy (non-hydrogen) atoms. The highest BCUT2D eigenvalue weighted by atomic mass is 16.1. The van der Waals surface area contributed by atoms with E-state index in [-0.39, 0.29) is 5.78 Å². The fraction of sp³-hybridized carbons (Fsp3) is 0.167. The Balaban J connectivity index is 0.000000861. The van der Waals surface area contributed by atoms with Gasteiger partial charge in [-0.25, -0.2) is 0 Å². The number of hydrogen-bond acceptors (Lipinski definition) is 1. The maximum absolute atomic E-state index is 11.5. The van der Waals surface area contributed by atoms with Crippen molar-refractivity contribution < 1.29 is 4.79 Å². The minimum absolute atomic E-state index is 0.00931. The van der Waals surface area contributed by atoms with Crippen LogP contribution in [-0.4, -0.2) is 5.78 Å². The van der Waals surface area contributed by atoms with Crippen molar-refractivity contribution in [3.05, 3.63) is 77.9 Å². The number of carbonyl (C=O) groups excluding carboxylic acids is 1. The fourth-order valence-corrected chi connectivity index (χ4v) is 1.58. The van der Waals surface area contributed by atoms with E-state index in [0.29, 0.717) is 0 Å². The van der Waals surface area contributed by atoms with Crippen molar-refractivity contribution in [3.63, 3.8) is 0 Å². The average Bonchev–Trinajstić information content (AvgIpc) is 2.99. The first-order valence-electron chi connectivity index (χ1n) is 6.66. The maximum Gasteiger partial charge on any atom is 0.178 e. The van der Waals surface area contributed by atoms with Crippen LogP contribution in [-0.2, 0) is 4.79 Å². The predicted molar refractivity (Wildman–Crippen MR) is 82.8 cm³/mol. The molecule has 1 heteroatoms. The number of benzene rings is 1. The van der Waals surface area contributed by atoms with Gasteiger partial charge in [0.15, 0.2) is 5.78 Å². The zero-order chi connectivity index (χ0) is 13.9. The summed E-state index contributed by atoms with van der Waals surface area (Å²) in [5.41, 5.74) is 2.14. The van der Waals surface area contributed by atoms with Crippen LogP contribution in [0.3, 0.4) is 0 Å². The highest BCUT2D eigenvalue weighted by Gasteiger charge is 1.94. The van der Waals surface area contributed by atoms with Gasteiger partial charge in [-0.05, 0) is 29.7 Å². The number of ketones is 1. The lowest BCUT2D eigenvalue weighted by molar-refractivity contribution is -0.110. The van der Waals surface area contributed by atoms with Gasteiger partial charge >= 0.3 is 0 Å². The minimum Gasteiger partial charge on any atom is -0.290 e. The molecule has 0 radical (unpaired) electrons. The summed E-state index contributed by atoms with van der Waals surface area (Å²) in [6.07, 6.45) is 14.0. The second-order valence-corrected chi connectivity index (χ2v) is 3.82. The van der Waals surface area contributed by atoms with Crippen molar-refractivity contribution in [2.45, 2.75) is 20.3 Å². The molecule has 0 saturated heterocycles. The molecule has 0 saturated carbocycles. The smallest absolute Gasteiger partial charge is 0.178 e. The van der Waals surface area contributed by atoms with Crippen LogP contribution >= 0.6 is 0 Å². The molecule has 0 unspecified atom stereocenters. The second-order valence-electron chi connectivity index (χ2n) is 3.82. The molecular formula is C18H20O. The first kappa shape index (κ1) is 14.9. The van der Waals surface area contributed by atoms with E-state index in [1.807, 2.05) is 62.4 Å². The zero-order valence-corrected chi connectivity index (χ0v) is 11.5. The van der Waals surface area contributed by atoms with Crippen LogP contribution in [0.4, 0.5) is 0 Å². The number of allylic oxidation sites excluding steroid dienone is 7. The Morgan fingerprint density at radius 2 is 1.74 bits per heavy atom. The SMILES string of the molecule is CC.O=C(/C=C/C1=CCC=C1)/C=C/c1ccccc1. The largest absolute Gasteiger partial charge is 0.290 e. The Hall–Kier alpha value is -2.15. The Labute approximate surface area is 115 Å². The molecule has 0 aliphatic heterocycles. The van der Waals surface area contributed by atoms with Crippen molar-refractivity contribution >= 4 is 11.9 Å². The van der Waals surface area contributed by atoms with Gasteiger partial charge in [-0.15, -0.1) is 0 Å². The molecule has 1 aliphatic rings. The van der Waals surface area contributed by atoms with Crippen LogP contribution in [0.25, 0.3) is 6.08 Å². The van der Waals surface area contributed by atoms with Crippen molar-refractivity contribution in [1.82, 2.24) is 0 Å². The molecule has 1 aliphatic carbocycles. The first-order valence-corrected chi connectivity index (χ1v) is 6.66. The van der Waals surface area contributed by atoms with Crippen molar-refractivity contribution in [2.75, 3.05) is 0 Å². The molecule has 2 rings (SSSR count). The van der Waals surface area contributed by atoms with E-state index in [1.165, 1.54) is 0 Å². The minimum atomic E-state index is 0.00931. The Kier molecular flexibility index (Phi) is 6.96. The van der Waals surface area contributed by atoms with E-state index in [1.54, 1.807) is 12.2 Å². The van der Waals surface area contributed by atoms with E-state index >= 15 is 0 Å². The highest BCUT2D eigenvalue weighted by molar-refractivity contribution is 6.02. The molecule has 0 atom stereocenters. The molecule has 1 nitrogen and oxygen atoms in total. The Bertz CT molecular complexity index is 502. The molecule has 98 valence electrons. The lowest BCUT2D eigenvalue weighted by Crippen LogP contribution is -1.84. The van der Waals surface area contributed by atoms with Crippen molar-refractivity contribution in [3.8, 4) is 0 Å². The van der Waals surface area contributed by atoms with Crippen molar-refractivity contribution in [2.24, 2.45) is 0 Å². The van der Waals surface area contributed by atoms with Gasteiger partial charge in [0.05, 0.1) is 0 Å². The quantitative estimate of drug-likeness (QED) is 0.707. The zero-order valence-electron chi connectivity index (χ0n) is 11.5. The van der Waals surface area contributed by atoms with Crippen LogP contribution in [0.1, 0.15) is 25.8 Å². The highest BCUT2D eigenvalue weighted by Crippen LogP contribution is 2.09. The normalized spacial score (nSPS) is 13.5. The molecule has 0 heterocycles. The van der Waals surface area contributed by atoms with E-state index in [9.17, 15) is 4.79 Å². The monoisotopic (exact) mass is 252 g/mol. The van der Waals surface area contributed by atoms with Gasteiger partial charge in [-0.1, -0.05) is 74.6 Å². The summed E-state index contributed by atoms with van der Waals surface area (Å²) >= 11 is 0. The Morgan fingerprint density at radius 3 is 2.37 bits per heavy atom. The summed E-state index contributed by atoms with van der Waals surface area (Å²) in [5, 5.41) is 0. The van der Waals surface area contributed by atoms with Crippen molar-refractivity contribution in [1.29, 1.82) is 0 Å². The first-order chi connectivity index (χ1) is 9.34. The van der Waals surface area contributed by atoms with E-state index in [2.05, 4.69) is 12.2 Å². The van der Waals surface area contributed by atoms with Crippen LogP contribution in [0.15, 0.2) is 72.4 Å².